The molecule has 1 unspecified atom stereocenters. The van der Waals surface area contributed by atoms with Gasteiger partial charge >= 0.3 is 0 Å². The first-order chi connectivity index (χ1) is 9.20. The smallest absolute Gasteiger partial charge is 0.253 e. The fourth-order valence-corrected chi connectivity index (χ4v) is 2.81. The topological polar surface area (TPSA) is 55.6 Å². The number of amides is 1. The van der Waals surface area contributed by atoms with Gasteiger partial charge in [0.1, 0.15) is 0 Å². The standard InChI is InChI=1S/C15H20N2O2/c1-17(14(7-16)10-2-3-10)15(18)11-4-5-12-8-19-9-13(12)6-11/h4-6,10,14H,2-3,7-9,16H2,1H3. The molecule has 3 rings (SSSR count). The molecule has 4 nitrogen and oxygen atoms in total. The molecule has 0 bridgehead atoms. The second kappa shape index (κ2) is 4.94. The Hall–Kier alpha value is -1.39. The Kier molecular flexibility index (Phi) is 3.29. The van der Waals surface area contributed by atoms with Gasteiger partial charge in [-0.05, 0) is 42.0 Å². The zero-order valence-electron chi connectivity index (χ0n) is 11.3. The molecule has 1 aliphatic heterocycles. The third-order valence-corrected chi connectivity index (χ3v) is 4.19. The zero-order chi connectivity index (χ0) is 13.4. The van der Waals surface area contributed by atoms with Crippen LogP contribution in [0.2, 0.25) is 0 Å². The van der Waals surface area contributed by atoms with Gasteiger partial charge in [-0.25, -0.2) is 0 Å². The molecule has 0 spiro atoms. The van der Waals surface area contributed by atoms with E-state index in [1.54, 1.807) is 0 Å². The summed E-state index contributed by atoms with van der Waals surface area (Å²) >= 11 is 0. The molecule has 1 heterocycles. The van der Waals surface area contributed by atoms with Crippen LogP contribution >= 0.6 is 0 Å². The number of hydrogen-bond acceptors (Lipinski definition) is 3. The highest BCUT2D eigenvalue weighted by Gasteiger charge is 2.35. The largest absolute Gasteiger partial charge is 0.372 e. The summed E-state index contributed by atoms with van der Waals surface area (Å²) in [7, 11) is 1.86. The number of carbonyl (C=O) groups excluding carboxylic acids is 1. The van der Waals surface area contributed by atoms with Crippen LogP contribution in [-0.4, -0.2) is 30.4 Å². The summed E-state index contributed by atoms with van der Waals surface area (Å²) in [6, 6.07) is 6.03. The number of benzene rings is 1. The van der Waals surface area contributed by atoms with Crippen molar-refractivity contribution < 1.29 is 9.53 Å². The van der Waals surface area contributed by atoms with Crippen molar-refractivity contribution in [1.29, 1.82) is 0 Å². The highest BCUT2D eigenvalue weighted by atomic mass is 16.5. The van der Waals surface area contributed by atoms with E-state index < -0.39 is 0 Å². The van der Waals surface area contributed by atoms with Crippen molar-refractivity contribution in [3.05, 3.63) is 34.9 Å². The second-order valence-electron chi connectivity index (χ2n) is 5.53. The molecular weight excluding hydrogens is 240 g/mol. The van der Waals surface area contributed by atoms with Gasteiger partial charge in [-0.15, -0.1) is 0 Å². The number of fused-ring (bicyclic) bond motifs is 1. The minimum atomic E-state index is 0.0667. The highest BCUT2D eigenvalue weighted by molar-refractivity contribution is 5.94. The third kappa shape index (κ3) is 2.38. The second-order valence-corrected chi connectivity index (χ2v) is 5.53. The molecule has 4 heteroatoms. The van der Waals surface area contributed by atoms with E-state index in [0.29, 0.717) is 25.7 Å². The summed E-state index contributed by atoms with van der Waals surface area (Å²) in [6.07, 6.45) is 2.38. The van der Waals surface area contributed by atoms with Crippen LogP contribution in [0, 0.1) is 5.92 Å². The number of hydrogen-bond donors (Lipinski definition) is 1. The monoisotopic (exact) mass is 260 g/mol. The van der Waals surface area contributed by atoms with Crippen LogP contribution in [0.15, 0.2) is 18.2 Å². The lowest BCUT2D eigenvalue weighted by molar-refractivity contribution is 0.0718. The predicted molar refractivity (Wildman–Crippen MR) is 72.6 cm³/mol. The first kappa shape index (κ1) is 12.6. The first-order valence-corrected chi connectivity index (χ1v) is 6.87. The van der Waals surface area contributed by atoms with Crippen LogP contribution in [0.3, 0.4) is 0 Å². The lowest BCUT2D eigenvalue weighted by Gasteiger charge is -2.27. The van der Waals surface area contributed by atoms with Gasteiger partial charge in [0.05, 0.1) is 13.2 Å². The molecule has 1 atom stereocenters. The molecule has 1 aliphatic carbocycles. The van der Waals surface area contributed by atoms with Crippen molar-refractivity contribution in [2.45, 2.75) is 32.1 Å². The molecular formula is C15H20N2O2. The van der Waals surface area contributed by atoms with E-state index in [2.05, 4.69) is 0 Å². The van der Waals surface area contributed by atoms with E-state index in [0.717, 1.165) is 11.1 Å². The van der Waals surface area contributed by atoms with Crippen LogP contribution in [0.25, 0.3) is 0 Å². The molecule has 0 radical (unpaired) electrons. The highest BCUT2D eigenvalue weighted by Crippen LogP contribution is 2.35. The number of likely N-dealkylation sites (N-methyl/N-ethyl adjacent to an activating group) is 1. The van der Waals surface area contributed by atoms with E-state index in [-0.39, 0.29) is 11.9 Å². The maximum atomic E-state index is 12.5. The van der Waals surface area contributed by atoms with E-state index >= 15 is 0 Å². The van der Waals surface area contributed by atoms with E-state index in [1.807, 2.05) is 30.1 Å². The Balaban J connectivity index is 1.79. The molecule has 2 N–H and O–H groups in total. The summed E-state index contributed by atoms with van der Waals surface area (Å²) in [5.74, 6) is 0.661. The van der Waals surface area contributed by atoms with Crippen molar-refractivity contribution in [3.63, 3.8) is 0 Å². The number of carbonyl (C=O) groups is 1. The summed E-state index contributed by atoms with van der Waals surface area (Å²) in [4.78, 5) is 14.3. The molecule has 1 amide bonds. The summed E-state index contributed by atoms with van der Waals surface area (Å²) in [5, 5.41) is 0. The average Bonchev–Trinajstić information content (AvgIpc) is 3.15. The van der Waals surface area contributed by atoms with Gasteiger partial charge < -0.3 is 15.4 Å². The predicted octanol–water partition coefficient (Wildman–Crippen LogP) is 1.53. The van der Waals surface area contributed by atoms with Gasteiger partial charge in [0.25, 0.3) is 5.91 Å². The minimum absolute atomic E-state index is 0.0667. The number of rotatable bonds is 4. The summed E-state index contributed by atoms with van der Waals surface area (Å²) < 4.78 is 5.38. The minimum Gasteiger partial charge on any atom is -0.372 e. The first-order valence-electron chi connectivity index (χ1n) is 6.87. The Morgan fingerprint density at radius 2 is 2.16 bits per heavy atom. The number of nitrogens with two attached hydrogens (primary N) is 1. The normalized spacial score (nSPS) is 19.1. The zero-order valence-corrected chi connectivity index (χ0v) is 11.3. The van der Waals surface area contributed by atoms with Crippen molar-refractivity contribution in [1.82, 2.24) is 4.90 Å². The van der Waals surface area contributed by atoms with E-state index in [9.17, 15) is 4.79 Å². The SMILES string of the molecule is CN(C(=O)c1ccc2c(c1)COC2)C(CN)C1CC1. The van der Waals surface area contributed by atoms with Gasteiger partial charge in [-0.2, -0.15) is 0 Å². The molecule has 2 aliphatic rings. The van der Waals surface area contributed by atoms with Crippen molar-refractivity contribution in [3.8, 4) is 0 Å². The van der Waals surface area contributed by atoms with Gasteiger partial charge in [-0.1, -0.05) is 6.07 Å². The van der Waals surface area contributed by atoms with Crippen LogP contribution in [0.5, 0.6) is 0 Å². The van der Waals surface area contributed by atoms with Crippen LogP contribution in [-0.2, 0) is 18.0 Å². The average molecular weight is 260 g/mol. The Bertz CT molecular complexity index is 497. The van der Waals surface area contributed by atoms with Crippen LogP contribution < -0.4 is 5.73 Å². The van der Waals surface area contributed by atoms with E-state index in [4.69, 9.17) is 10.5 Å². The summed E-state index contributed by atoms with van der Waals surface area (Å²) in [5.41, 5.74) is 8.87. The molecule has 1 saturated carbocycles. The third-order valence-electron chi connectivity index (χ3n) is 4.19. The fraction of sp³-hybridized carbons (Fsp3) is 0.533. The Morgan fingerprint density at radius 3 is 2.84 bits per heavy atom. The lowest BCUT2D eigenvalue weighted by Crippen LogP contribution is -2.43. The van der Waals surface area contributed by atoms with Crippen molar-refractivity contribution >= 4 is 5.91 Å². The van der Waals surface area contributed by atoms with Crippen LogP contribution in [0.1, 0.15) is 34.3 Å². The van der Waals surface area contributed by atoms with E-state index in [1.165, 1.54) is 18.4 Å². The lowest BCUT2D eigenvalue weighted by atomic mass is 10.0. The van der Waals surface area contributed by atoms with Gasteiger partial charge in [0.15, 0.2) is 0 Å². The van der Waals surface area contributed by atoms with Gasteiger partial charge in [0.2, 0.25) is 0 Å². The number of ether oxygens (including phenoxy) is 1. The number of nitrogens with zero attached hydrogens (tertiary/aromatic N) is 1. The maximum Gasteiger partial charge on any atom is 0.253 e. The van der Waals surface area contributed by atoms with Gasteiger partial charge in [-0.3, -0.25) is 4.79 Å². The fourth-order valence-electron chi connectivity index (χ4n) is 2.81. The Labute approximate surface area is 113 Å². The molecule has 19 heavy (non-hydrogen) atoms. The molecule has 1 aromatic rings. The van der Waals surface area contributed by atoms with Crippen LogP contribution in [0.4, 0.5) is 0 Å². The van der Waals surface area contributed by atoms with Crippen molar-refractivity contribution in [2.75, 3.05) is 13.6 Å². The molecule has 102 valence electrons. The summed E-state index contributed by atoms with van der Waals surface area (Å²) in [6.45, 7) is 1.82. The van der Waals surface area contributed by atoms with Crippen molar-refractivity contribution in [2.24, 2.45) is 11.7 Å². The maximum absolute atomic E-state index is 12.5. The quantitative estimate of drug-likeness (QED) is 0.893. The van der Waals surface area contributed by atoms with Gasteiger partial charge in [0, 0.05) is 25.2 Å². The molecule has 0 aromatic heterocycles. The molecule has 1 fully saturated rings. The molecule has 1 aromatic carbocycles. The molecule has 0 saturated heterocycles. The Morgan fingerprint density at radius 1 is 1.42 bits per heavy atom.